The Hall–Kier alpha value is -1.58. The van der Waals surface area contributed by atoms with Gasteiger partial charge in [0, 0.05) is 12.1 Å². The van der Waals surface area contributed by atoms with E-state index >= 15 is 0 Å². The Morgan fingerprint density at radius 3 is 2.41 bits per heavy atom. The Labute approximate surface area is 101 Å². The Kier molecular flexibility index (Phi) is 3.76. The van der Waals surface area contributed by atoms with Crippen molar-refractivity contribution in [2.45, 2.75) is 46.6 Å². The molecule has 0 spiro atoms. The van der Waals surface area contributed by atoms with E-state index in [1.54, 1.807) is 0 Å². The van der Waals surface area contributed by atoms with Crippen molar-refractivity contribution in [2.75, 3.05) is 0 Å². The summed E-state index contributed by atoms with van der Waals surface area (Å²) in [5.74, 6) is -0.412. The second kappa shape index (κ2) is 4.73. The van der Waals surface area contributed by atoms with Gasteiger partial charge in [-0.3, -0.25) is 0 Å². The van der Waals surface area contributed by atoms with Gasteiger partial charge < -0.3 is 14.5 Å². The molecule has 0 atom stereocenters. The minimum atomic E-state index is -0.539. The fraction of sp³-hybridized carbons (Fsp3) is 0.538. The van der Waals surface area contributed by atoms with E-state index < -0.39 is 11.6 Å². The number of H-pyrrole nitrogens is 1. The van der Waals surface area contributed by atoms with E-state index in [9.17, 15) is 9.59 Å². The molecular formula is C13H19NO3. The fourth-order valence-corrected chi connectivity index (χ4v) is 1.61. The van der Waals surface area contributed by atoms with Gasteiger partial charge in [0.2, 0.25) is 0 Å². The molecule has 0 bridgehead atoms. The lowest BCUT2D eigenvalue weighted by atomic mass is 10.1. The van der Waals surface area contributed by atoms with Crippen LogP contribution in [0.2, 0.25) is 0 Å². The predicted octanol–water partition coefficient (Wildman–Crippen LogP) is 2.33. The molecular weight excluding hydrogens is 218 g/mol. The first-order valence-electron chi connectivity index (χ1n) is 5.61. The van der Waals surface area contributed by atoms with Gasteiger partial charge in [0.15, 0.2) is 0 Å². The van der Waals surface area contributed by atoms with Crippen LogP contribution in [0.25, 0.3) is 0 Å². The second-order valence-electron chi connectivity index (χ2n) is 5.10. The summed E-state index contributed by atoms with van der Waals surface area (Å²) in [7, 11) is 0. The van der Waals surface area contributed by atoms with Crippen LogP contribution < -0.4 is 0 Å². The highest BCUT2D eigenvalue weighted by molar-refractivity contribution is 5.91. The number of esters is 1. The van der Waals surface area contributed by atoms with Crippen LogP contribution in [0.1, 0.15) is 48.1 Å². The third kappa shape index (κ3) is 3.19. The van der Waals surface area contributed by atoms with Gasteiger partial charge in [-0.25, -0.2) is 4.79 Å². The van der Waals surface area contributed by atoms with Gasteiger partial charge in [-0.2, -0.15) is 0 Å². The van der Waals surface area contributed by atoms with Gasteiger partial charge in [-0.15, -0.1) is 0 Å². The van der Waals surface area contributed by atoms with Crippen LogP contribution in [0.15, 0.2) is 0 Å². The van der Waals surface area contributed by atoms with Crippen LogP contribution in [-0.4, -0.2) is 22.8 Å². The molecule has 0 aliphatic rings. The van der Waals surface area contributed by atoms with Crippen molar-refractivity contribution in [3.63, 3.8) is 0 Å². The molecule has 1 rings (SSSR count). The fourth-order valence-electron chi connectivity index (χ4n) is 1.61. The zero-order valence-electron chi connectivity index (χ0n) is 11.0. The minimum absolute atomic E-state index is 0.227. The monoisotopic (exact) mass is 237 g/mol. The third-order valence-electron chi connectivity index (χ3n) is 2.52. The van der Waals surface area contributed by atoms with Gasteiger partial charge >= 0.3 is 5.97 Å². The number of aldehydes is 1. The molecule has 0 aromatic carbocycles. The van der Waals surface area contributed by atoms with E-state index in [0.29, 0.717) is 5.69 Å². The molecule has 1 aromatic heterocycles. The van der Waals surface area contributed by atoms with Gasteiger partial charge in [-0.1, -0.05) is 0 Å². The van der Waals surface area contributed by atoms with Gasteiger partial charge in [0.05, 0.1) is 0 Å². The minimum Gasteiger partial charge on any atom is -0.455 e. The molecule has 0 saturated heterocycles. The molecule has 0 radical (unpaired) electrons. The molecule has 0 aliphatic carbocycles. The lowest BCUT2D eigenvalue weighted by molar-refractivity contribution is -0.107. The summed E-state index contributed by atoms with van der Waals surface area (Å²) in [5.41, 5.74) is 2.41. The average molecular weight is 237 g/mol. The highest BCUT2D eigenvalue weighted by atomic mass is 16.6. The predicted molar refractivity (Wildman–Crippen MR) is 65.2 cm³/mol. The first kappa shape index (κ1) is 13.5. The standard InChI is InChI=1S/C13H19NO3/c1-8-9(2)14-11(10(8)6-7-15)12(16)17-13(3,4)5/h7,14H,6H2,1-5H3. The number of aryl methyl sites for hydroxylation is 1. The number of aromatic nitrogens is 1. The summed E-state index contributed by atoms with van der Waals surface area (Å²) >= 11 is 0. The number of aromatic amines is 1. The molecule has 0 fully saturated rings. The maximum Gasteiger partial charge on any atom is 0.355 e. The van der Waals surface area contributed by atoms with Gasteiger partial charge in [0.25, 0.3) is 0 Å². The number of carbonyl (C=O) groups excluding carboxylic acids is 2. The largest absolute Gasteiger partial charge is 0.455 e. The maximum atomic E-state index is 12.0. The van der Waals surface area contributed by atoms with Crippen LogP contribution in [0.5, 0.6) is 0 Å². The lowest BCUT2D eigenvalue weighted by Crippen LogP contribution is -2.24. The van der Waals surface area contributed by atoms with E-state index in [2.05, 4.69) is 4.98 Å². The van der Waals surface area contributed by atoms with Gasteiger partial charge in [0.1, 0.15) is 17.6 Å². The molecule has 1 aromatic rings. The van der Waals surface area contributed by atoms with Crippen molar-refractivity contribution in [2.24, 2.45) is 0 Å². The number of hydrogen-bond donors (Lipinski definition) is 1. The SMILES string of the molecule is Cc1[nH]c(C(=O)OC(C)(C)C)c(CC=O)c1C. The van der Waals surface area contributed by atoms with E-state index in [4.69, 9.17) is 4.74 Å². The molecule has 0 aliphatic heterocycles. The topological polar surface area (TPSA) is 59.2 Å². The average Bonchev–Trinajstić information content (AvgIpc) is 2.44. The van der Waals surface area contributed by atoms with Crippen molar-refractivity contribution in [1.29, 1.82) is 0 Å². The van der Waals surface area contributed by atoms with Crippen molar-refractivity contribution >= 4 is 12.3 Å². The Morgan fingerprint density at radius 2 is 1.94 bits per heavy atom. The molecule has 1 N–H and O–H groups in total. The van der Waals surface area contributed by atoms with Crippen molar-refractivity contribution < 1.29 is 14.3 Å². The summed E-state index contributed by atoms with van der Waals surface area (Å²) in [4.78, 5) is 25.6. The normalized spacial score (nSPS) is 11.4. The first-order valence-corrected chi connectivity index (χ1v) is 5.61. The molecule has 4 heteroatoms. The van der Waals surface area contributed by atoms with E-state index in [-0.39, 0.29) is 6.42 Å². The van der Waals surface area contributed by atoms with Crippen LogP contribution in [0.3, 0.4) is 0 Å². The number of rotatable bonds is 3. The number of hydrogen-bond acceptors (Lipinski definition) is 3. The Morgan fingerprint density at radius 1 is 1.35 bits per heavy atom. The van der Waals surface area contributed by atoms with E-state index in [0.717, 1.165) is 23.1 Å². The van der Waals surface area contributed by atoms with Crippen LogP contribution >= 0.6 is 0 Å². The Bertz CT molecular complexity index is 438. The number of carbonyl (C=O) groups is 2. The van der Waals surface area contributed by atoms with Crippen molar-refractivity contribution in [1.82, 2.24) is 4.98 Å². The molecule has 94 valence electrons. The smallest absolute Gasteiger partial charge is 0.355 e. The highest BCUT2D eigenvalue weighted by Crippen LogP contribution is 2.20. The molecule has 17 heavy (non-hydrogen) atoms. The molecule has 1 heterocycles. The van der Waals surface area contributed by atoms with Crippen LogP contribution in [0, 0.1) is 13.8 Å². The van der Waals surface area contributed by atoms with E-state index in [1.807, 2.05) is 34.6 Å². The maximum absolute atomic E-state index is 12.0. The summed E-state index contributed by atoms with van der Waals surface area (Å²) in [5, 5.41) is 0. The molecule has 4 nitrogen and oxygen atoms in total. The zero-order chi connectivity index (χ0) is 13.2. The van der Waals surface area contributed by atoms with Crippen LogP contribution in [-0.2, 0) is 16.0 Å². The Balaban J connectivity index is 3.09. The second-order valence-corrected chi connectivity index (χ2v) is 5.10. The van der Waals surface area contributed by atoms with Gasteiger partial charge in [-0.05, 0) is 45.7 Å². The van der Waals surface area contributed by atoms with Crippen molar-refractivity contribution in [3.05, 3.63) is 22.5 Å². The summed E-state index contributed by atoms with van der Waals surface area (Å²) in [6, 6.07) is 0. The zero-order valence-corrected chi connectivity index (χ0v) is 11.0. The molecule has 0 saturated carbocycles. The lowest BCUT2D eigenvalue weighted by Gasteiger charge is -2.19. The summed E-state index contributed by atoms with van der Waals surface area (Å²) < 4.78 is 5.29. The number of ether oxygens (including phenoxy) is 1. The van der Waals surface area contributed by atoms with Crippen molar-refractivity contribution in [3.8, 4) is 0 Å². The van der Waals surface area contributed by atoms with E-state index in [1.165, 1.54) is 0 Å². The summed E-state index contributed by atoms with van der Waals surface area (Å²) in [6.07, 6.45) is 1.02. The quantitative estimate of drug-likeness (QED) is 0.648. The van der Waals surface area contributed by atoms with Crippen LogP contribution in [0.4, 0.5) is 0 Å². The molecule has 0 unspecified atom stereocenters. The highest BCUT2D eigenvalue weighted by Gasteiger charge is 2.23. The third-order valence-corrected chi connectivity index (χ3v) is 2.52. The molecule has 0 amide bonds. The number of nitrogens with one attached hydrogen (secondary N) is 1. The summed E-state index contributed by atoms with van der Waals surface area (Å²) in [6.45, 7) is 9.20. The first-order chi connectivity index (χ1) is 7.76.